The molecule has 28 heavy (non-hydrogen) atoms. The smallest absolute Gasteiger partial charge is 0.264 e. The Morgan fingerprint density at radius 2 is 1.93 bits per heavy atom. The van der Waals surface area contributed by atoms with Gasteiger partial charge < -0.3 is 4.74 Å². The number of ether oxygens (including phenoxy) is 1. The molecule has 0 saturated heterocycles. The van der Waals surface area contributed by atoms with Crippen LogP contribution in [0.3, 0.4) is 0 Å². The molecule has 7 nitrogen and oxygen atoms in total. The summed E-state index contributed by atoms with van der Waals surface area (Å²) in [6.07, 6.45) is 2.73. The molecule has 1 aromatic carbocycles. The second kappa shape index (κ2) is 6.56. The molecule has 0 bridgehead atoms. The van der Waals surface area contributed by atoms with Crippen molar-refractivity contribution in [1.82, 2.24) is 14.7 Å². The lowest BCUT2D eigenvalue weighted by atomic mass is 9.94. The molecule has 1 N–H and O–H groups in total. The summed E-state index contributed by atoms with van der Waals surface area (Å²) in [6.45, 7) is 1.79. The third-order valence-electron chi connectivity index (χ3n) is 5.09. The minimum atomic E-state index is -4.05. The highest BCUT2D eigenvalue weighted by atomic mass is 32.2. The highest BCUT2D eigenvalue weighted by molar-refractivity contribution is 7.90. The maximum atomic E-state index is 13.0. The monoisotopic (exact) mass is 397 g/mol. The maximum absolute atomic E-state index is 13.0. The molecule has 0 radical (unpaired) electrons. The Kier molecular flexibility index (Phi) is 4.30. The number of benzene rings is 1. The molecule has 0 spiro atoms. The van der Waals surface area contributed by atoms with Crippen LogP contribution in [0.1, 0.15) is 24.1 Å². The number of aryl methyl sites for hydroxylation is 1. The van der Waals surface area contributed by atoms with Crippen molar-refractivity contribution in [2.24, 2.45) is 0 Å². The first-order valence-electron chi connectivity index (χ1n) is 8.80. The number of carbonyl (C=O) groups is 1. The highest BCUT2D eigenvalue weighted by Gasteiger charge is 2.53. The van der Waals surface area contributed by atoms with Crippen LogP contribution in [0.5, 0.6) is 5.88 Å². The molecule has 2 aromatic heterocycles. The van der Waals surface area contributed by atoms with E-state index in [0.717, 1.165) is 5.56 Å². The molecule has 0 aliphatic heterocycles. The number of hydrogen-bond donors (Lipinski definition) is 1. The van der Waals surface area contributed by atoms with Gasteiger partial charge in [0.1, 0.15) is 0 Å². The zero-order valence-corrected chi connectivity index (χ0v) is 16.3. The Morgan fingerprint density at radius 1 is 1.14 bits per heavy atom. The van der Waals surface area contributed by atoms with Gasteiger partial charge in [-0.3, -0.25) is 9.78 Å². The topological polar surface area (TPSA) is 98.2 Å². The molecule has 1 saturated carbocycles. The number of hydrogen-bond acceptors (Lipinski definition) is 6. The van der Waals surface area contributed by atoms with Crippen molar-refractivity contribution in [3.8, 4) is 5.88 Å². The molecule has 0 unspecified atom stereocenters. The van der Waals surface area contributed by atoms with Gasteiger partial charge in [0, 0.05) is 23.3 Å². The van der Waals surface area contributed by atoms with Gasteiger partial charge in [-0.2, -0.15) is 0 Å². The predicted molar refractivity (Wildman–Crippen MR) is 104 cm³/mol. The lowest BCUT2D eigenvalue weighted by molar-refractivity contribution is -0.121. The van der Waals surface area contributed by atoms with E-state index in [9.17, 15) is 13.2 Å². The molecular formula is C20H19N3O4S. The Balaban J connectivity index is 1.68. The van der Waals surface area contributed by atoms with Gasteiger partial charge in [0.2, 0.25) is 11.8 Å². The highest BCUT2D eigenvalue weighted by Crippen LogP contribution is 2.49. The third-order valence-corrected chi connectivity index (χ3v) is 6.48. The molecule has 2 heterocycles. The van der Waals surface area contributed by atoms with Gasteiger partial charge in [0.15, 0.2) is 0 Å². The minimum absolute atomic E-state index is 0.0341. The van der Waals surface area contributed by atoms with Crippen LogP contribution in [0.15, 0.2) is 53.6 Å². The number of fused-ring (bicyclic) bond motifs is 1. The second-order valence-corrected chi connectivity index (χ2v) is 8.48. The number of pyridine rings is 2. The summed E-state index contributed by atoms with van der Waals surface area (Å²) >= 11 is 0. The van der Waals surface area contributed by atoms with E-state index < -0.39 is 21.3 Å². The summed E-state index contributed by atoms with van der Waals surface area (Å²) < 4.78 is 33.3. The van der Waals surface area contributed by atoms with Crippen molar-refractivity contribution in [2.75, 3.05) is 7.11 Å². The maximum Gasteiger partial charge on any atom is 0.264 e. The second-order valence-electron chi connectivity index (χ2n) is 6.83. The van der Waals surface area contributed by atoms with Crippen LogP contribution >= 0.6 is 0 Å². The Bertz CT molecular complexity index is 1180. The third kappa shape index (κ3) is 2.99. The van der Waals surface area contributed by atoms with Crippen molar-refractivity contribution < 1.29 is 17.9 Å². The molecule has 4 rings (SSSR count). The normalized spacial score (nSPS) is 15.2. The van der Waals surface area contributed by atoms with Gasteiger partial charge >= 0.3 is 0 Å². The van der Waals surface area contributed by atoms with Crippen molar-refractivity contribution in [1.29, 1.82) is 0 Å². The van der Waals surface area contributed by atoms with Crippen LogP contribution in [-0.4, -0.2) is 31.4 Å². The fourth-order valence-electron chi connectivity index (χ4n) is 3.49. The number of rotatable bonds is 5. The molecule has 1 aliphatic carbocycles. The minimum Gasteiger partial charge on any atom is -0.481 e. The number of nitrogens with one attached hydrogen (secondary N) is 1. The average molecular weight is 397 g/mol. The van der Waals surface area contributed by atoms with E-state index in [0.29, 0.717) is 35.3 Å². The van der Waals surface area contributed by atoms with E-state index in [1.54, 1.807) is 49.5 Å². The Hall–Kier alpha value is -3.00. The van der Waals surface area contributed by atoms with Gasteiger partial charge in [0.25, 0.3) is 10.0 Å². The van der Waals surface area contributed by atoms with E-state index in [-0.39, 0.29) is 4.90 Å². The van der Waals surface area contributed by atoms with E-state index in [4.69, 9.17) is 4.74 Å². The summed E-state index contributed by atoms with van der Waals surface area (Å²) in [4.78, 5) is 21.5. The quantitative estimate of drug-likeness (QED) is 0.710. The van der Waals surface area contributed by atoms with Gasteiger partial charge in [-0.25, -0.2) is 18.1 Å². The van der Waals surface area contributed by atoms with E-state index >= 15 is 0 Å². The van der Waals surface area contributed by atoms with E-state index in [1.165, 1.54) is 13.2 Å². The Morgan fingerprint density at radius 3 is 2.61 bits per heavy atom. The molecule has 1 aliphatic rings. The van der Waals surface area contributed by atoms with Gasteiger partial charge in [0.05, 0.1) is 22.9 Å². The number of aromatic nitrogens is 2. The molecule has 0 atom stereocenters. The van der Waals surface area contributed by atoms with Crippen LogP contribution in [0, 0.1) is 6.92 Å². The van der Waals surface area contributed by atoms with Crippen molar-refractivity contribution >= 4 is 26.8 Å². The van der Waals surface area contributed by atoms with E-state index in [2.05, 4.69) is 14.7 Å². The van der Waals surface area contributed by atoms with Crippen molar-refractivity contribution in [3.05, 3.63) is 59.9 Å². The number of nitrogens with zero attached hydrogens (tertiary/aromatic N) is 2. The first kappa shape index (κ1) is 18.4. The SMILES string of the molecule is COc1ccc(C2(C(=O)NS(=O)(=O)c3cccc4ncccc34)CC2)c(C)n1. The van der Waals surface area contributed by atoms with Crippen LogP contribution in [0.2, 0.25) is 0 Å². The largest absolute Gasteiger partial charge is 0.481 e. The van der Waals surface area contributed by atoms with Crippen LogP contribution in [0.25, 0.3) is 10.9 Å². The summed E-state index contributed by atoms with van der Waals surface area (Å²) in [6, 6.07) is 11.6. The summed E-state index contributed by atoms with van der Waals surface area (Å²) in [5.41, 5.74) is 1.05. The molecule has 1 fully saturated rings. The average Bonchev–Trinajstić information content (AvgIpc) is 3.49. The standard InChI is InChI=1S/C20H19N3O4S/c1-13-15(8-9-18(22-13)27-2)20(10-11-20)19(24)23-28(25,26)17-7-3-6-16-14(17)5-4-12-21-16/h3-9,12H,10-11H2,1-2H3,(H,23,24). The number of methoxy groups -OCH3 is 1. The summed E-state index contributed by atoms with van der Waals surface area (Å²) in [5.74, 6) is -0.0863. The number of sulfonamides is 1. The fourth-order valence-corrected chi connectivity index (χ4v) is 4.75. The van der Waals surface area contributed by atoms with Crippen molar-refractivity contribution in [2.45, 2.75) is 30.1 Å². The van der Waals surface area contributed by atoms with Crippen LogP contribution < -0.4 is 9.46 Å². The van der Waals surface area contributed by atoms with E-state index in [1.807, 2.05) is 0 Å². The zero-order valence-electron chi connectivity index (χ0n) is 15.5. The van der Waals surface area contributed by atoms with Crippen molar-refractivity contribution in [3.63, 3.8) is 0 Å². The van der Waals surface area contributed by atoms with Crippen LogP contribution in [0.4, 0.5) is 0 Å². The van der Waals surface area contributed by atoms with Crippen LogP contribution in [-0.2, 0) is 20.2 Å². The molecule has 144 valence electrons. The number of carbonyl (C=O) groups excluding carboxylic acids is 1. The lowest BCUT2D eigenvalue weighted by Crippen LogP contribution is -2.39. The summed E-state index contributed by atoms with van der Waals surface area (Å²) in [5, 5.41) is 0.470. The molecule has 8 heteroatoms. The van der Waals surface area contributed by atoms with Gasteiger partial charge in [-0.15, -0.1) is 0 Å². The Labute approximate surface area is 162 Å². The molecular weight excluding hydrogens is 378 g/mol. The lowest BCUT2D eigenvalue weighted by Gasteiger charge is -2.18. The molecule has 1 amide bonds. The zero-order chi connectivity index (χ0) is 19.9. The first-order chi connectivity index (χ1) is 13.4. The predicted octanol–water partition coefficient (Wildman–Crippen LogP) is 2.48. The van der Waals surface area contributed by atoms with Gasteiger partial charge in [-0.1, -0.05) is 12.1 Å². The number of amides is 1. The molecule has 3 aromatic rings. The summed E-state index contributed by atoms with van der Waals surface area (Å²) in [7, 11) is -2.53. The first-order valence-corrected chi connectivity index (χ1v) is 10.3. The van der Waals surface area contributed by atoms with Gasteiger partial charge in [-0.05, 0) is 49.6 Å². The fraction of sp³-hybridized carbons (Fsp3) is 0.250.